The number of hydrogen-bond donors (Lipinski definition) is 2. The third-order valence-electron chi connectivity index (χ3n) is 4.31. The Hall–Kier alpha value is -3.07. The van der Waals surface area contributed by atoms with E-state index in [2.05, 4.69) is 10.6 Å². The summed E-state index contributed by atoms with van der Waals surface area (Å²) in [6.45, 7) is 2.13. The normalized spacial score (nSPS) is 10.9. The van der Waals surface area contributed by atoms with Crippen LogP contribution in [0.2, 0.25) is 0 Å². The smallest absolute Gasteiger partial charge is 0.253 e. The fraction of sp³-hybridized carbons (Fsp3) is 0.333. The molecule has 0 radical (unpaired) electrons. The lowest BCUT2D eigenvalue weighted by Gasteiger charge is -2.22. The van der Waals surface area contributed by atoms with Crippen LogP contribution < -0.4 is 19.7 Å². The number of benzene rings is 2. The van der Waals surface area contributed by atoms with Gasteiger partial charge in [-0.2, -0.15) is 0 Å². The second kappa shape index (κ2) is 10.6. The summed E-state index contributed by atoms with van der Waals surface area (Å²) < 4.78 is 30.6. The molecule has 2 rings (SSSR count). The molecule has 2 amide bonds. The van der Waals surface area contributed by atoms with Gasteiger partial charge in [0.2, 0.25) is 15.9 Å². The Kier molecular flexibility index (Phi) is 8.23. The van der Waals surface area contributed by atoms with Gasteiger partial charge in [0, 0.05) is 6.54 Å². The fourth-order valence-corrected chi connectivity index (χ4v) is 3.59. The monoisotopic (exact) mass is 433 g/mol. The van der Waals surface area contributed by atoms with Gasteiger partial charge in [0.1, 0.15) is 12.3 Å². The Labute approximate surface area is 177 Å². The molecule has 0 saturated heterocycles. The second-order valence-corrected chi connectivity index (χ2v) is 8.58. The van der Waals surface area contributed by atoms with Crippen molar-refractivity contribution < 1.29 is 22.7 Å². The third-order valence-corrected chi connectivity index (χ3v) is 5.45. The second-order valence-electron chi connectivity index (χ2n) is 6.67. The number of para-hydroxylation sites is 1. The lowest BCUT2D eigenvalue weighted by molar-refractivity contribution is -0.114. The minimum absolute atomic E-state index is 0.297. The zero-order valence-electron chi connectivity index (χ0n) is 17.3. The van der Waals surface area contributed by atoms with E-state index in [0.717, 1.165) is 23.4 Å². The van der Waals surface area contributed by atoms with E-state index in [1.165, 1.54) is 7.11 Å². The highest BCUT2D eigenvalue weighted by molar-refractivity contribution is 7.92. The van der Waals surface area contributed by atoms with Crippen molar-refractivity contribution in [2.75, 3.05) is 36.1 Å². The predicted octanol–water partition coefficient (Wildman–Crippen LogP) is 2.63. The number of ether oxygens (including phenoxy) is 1. The zero-order valence-corrected chi connectivity index (χ0v) is 18.2. The molecule has 0 spiro atoms. The summed E-state index contributed by atoms with van der Waals surface area (Å²) >= 11 is 0. The van der Waals surface area contributed by atoms with Crippen molar-refractivity contribution in [1.82, 2.24) is 5.32 Å². The first-order chi connectivity index (χ1) is 14.3. The maximum Gasteiger partial charge on any atom is 0.253 e. The minimum Gasteiger partial charge on any atom is -0.497 e. The first-order valence-corrected chi connectivity index (χ1v) is 11.4. The quantitative estimate of drug-likeness (QED) is 0.561. The van der Waals surface area contributed by atoms with Crippen LogP contribution in [0.15, 0.2) is 48.5 Å². The summed E-state index contributed by atoms with van der Waals surface area (Å²) in [5, 5.41) is 5.45. The molecule has 0 aromatic heterocycles. The summed E-state index contributed by atoms with van der Waals surface area (Å²) in [5.74, 6) is -0.292. The first kappa shape index (κ1) is 23.2. The van der Waals surface area contributed by atoms with Gasteiger partial charge in [-0.3, -0.25) is 13.9 Å². The fourth-order valence-electron chi connectivity index (χ4n) is 2.73. The Morgan fingerprint density at radius 3 is 2.33 bits per heavy atom. The molecule has 2 aromatic rings. The molecule has 0 saturated carbocycles. The van der Waals surface area contributed by atoms with E-state index in [9.17, 15) is 18.0 Å². The van der Waals surface area contributed by atoms with Crippen molar-refractivity contribution in [3.8, 4) is 5.75 Å². The van der Waals surface area contributed by atoms with E-state index in [1.54, 1.807) is 48.5 Å². The van der Waals surface area contributed by atoms with Gasteiger partial charge in [-0.25, -0.2) is 8.42 Å². The van der Waals surface area contributed by atoms with Gasteiger partial charge >= 0.3 is 0 Å². The number of carbonyl (C=O) groups excluding carboxylic acids is 2. The van der Waals surface area contributed by atoms with Gasteiger partial charge in [0.15, 0.2) is 0 Å². The zero-order chi connectivity index (χ0) is 22.1. The van der Waals surface area contributed by atoms with Crippen LogP contribution in [0.25, 0.3) is 0 Å². The van der Waals surface area contributed by atoms with Gasteiger partial charge < -0.3 is 15.4 Å². The Bertz CT molecular complexity index is 974. The predicted molar refractivity (Wildman–Crippen MR) is 117 cm³/mol. The average molecular weight is 434 g/mol. The van der Waals surface area contributed by atoms with Gasteiger partial charge in [0.05, 0.1) is 30.3 Å². The van der Waals surface area contributed by atoms with Gasteiger partial charge in [-0.15, -0.1) is 0 Å². The molecule has 0 fully saturated rings. The number of anilines is 2. The number of carbonyl (C=O) groups is 2. The van der Waals surface area contributed by atoms with E-state index in [4.69, 9.17) is 4.74 Å². The highest BCUT2D eigenvalue weighted by Crippen LogP contribution is 2.22. The Morgan fingerprint density at radius 2 is 1.73 bits per heavy atom. The Morgan fingerprint density at radius 1 is 1.07 bits per heavy atom. The number of sulfonamides is 1. The van der Waals surface area contributed by atoms with Crippen molar-refractivity contribution in [2.24, 2.45) is 0 Å². The highest BCUT2D eigenvalue weighted by atomic mass is 32.2. The van der Waals surface area contributed by atoms with Crippen LogP contribution in [0, 0.1) is 0 Å². The summed E-state index contributed by atoms with van der Waals surface area (Å²) in [6.07, 6.45) is 2.83. The van der Waals surface area contributed by atoms with E-state index in [-0.39, 0.29) is 5.91 Å². The Balaban J connectivity index is 2.17. The molecule has 9 heteroatoms. The van der Waals surface area contributed by atoms with Crippen LogP contribution in [0.4, 0.5) is 11.4 Å². The van der Waals surface area contributed by atoms with Crippen LogP contribution in [0.3, 0.4) is 0 Å². The molecule has 0 aliphatic carbocycles. The largest absolute Gasteiger partial charge is 0.497 e. The van der Waals surface area contributed by atoms with E-state index in [0.29, 0.717) is 29.2 Å². The molecule has 2 aromatic carbocycles. The number of hydrogen-bond acceptors (Lipinski definition) is 5. The summed E-state index contributed by atoms with van der Waals surface area (Å²) in [7, 11) is -2.21. The van der Waals surface area contributed by atoms with Gasteiger partial charge in [-0.1, -0.05) is 25.5 Å². The lowest BCUT2D eigenvalue weighted by Crippen LogP contribution is -2.37. The molecular formula is C21H27N3O5S. The van der Waals surface area contributed by atoms with Crippen LogP contribution in [0.1, 0.15) is 30.1 Å². The number of methoxy groups -OCH3 is 1. The SMILES string of the molecule is CCCCNC(=O)c1ccccc1NC(=O)CN(c1ccc(OC)cc1)S(C)(=O)=O. The number of nitrogens with one attached hydrogen (secondary N) is 2. The number of rotatable bonds is 10. The number of amides is 2. The molecule has 2 N–H and O–H groups in total. The number of nitrogens with zero attached hydrogens (tertiary/aromatic N) is 1. The summed E-state index contributed by atoms with van der Waals surface area (Å²) in [4.78, 5) is 25.0. The van der Waals surface area contributed by atoms with Crippen LogP contribution in [0.5, 0.6) is 5.75 Å². The minimum atomic E-state index is -3.71. The maximum atomic E-state index is 12.6. The molecule has 30 heavy (non-hydrogen) atoms. The van der Waals surface area contributed by atoms with Gasteiger partial charge in [-0.05, 0) is 42.8 Å². The average Bonchev–Trinajstić information content (AvgIpc) is 2.72. The molecule has 8 nitrogen and oxygen atoms in total. The summed E-state index contributed by atoms with van der Waals surface area (Å²) in [5.41, 5.74) is 0.969. The van der Waals surface area contributed by atoms with E-state index in [1.807, 2.05) is 6.92 Å². The first-order valence-electron chi connectivity index (χ1n) is 9.55. The third kappa shape index (κ3) is 6.48. The van der Waals surface area contributed by atoms with E-state index < -0.39 is 22.5 Å². The van der Waals surface area contributed by atoms with E-state index >= 15 is 0 Å². The van der Waals surface area contributed by atoms with Crippen LogP contribution >= 0.6 is 0 Å². The molecule has 0 bridgehead atoms. The van der Waals surface area contributed by atoms with Crippen molar-refractivity contribution in [2.45, 2.75) is 19.8 Å². The maximum absolute atomic E-state index is 12.6. The van der Waals surface area contributed by atoms with Crippen molar-refractivity contribution in [1.29, 1.82) is 0 Å². The molecule has 0 aliphatic heterocycles. The van der Waals surface area contributed by atoms with Crippen LogP contribution in [-0.2, 0) is 14.8 Å². The molecule has 0 atom stereocenters. The van der Waals surface area contributed by atoms with Crippen LogP contribution in [-0.4, -0.2) is 46.7 Å². The molecule has 0 aliphatic rings. The summed E-state index contributed by atoms with van der Waals surface area (Å²) in [6, 6.07) is 12.9. The molecule has 0 heterocycles. The lowest BCUT2D eigenvalue weighted by atomic mass is 10.1. The van der Waals surface area contributed by atoms with Crippen molar-refractivity contribution in [3.05, 3.63) is 54.1 Å². The van der Waals surface area contributed by atoms with Gasteiger partial charge in [0.25, 0.3) is 5.91 Å². The topological polar surface area (TPSA) is 105 Å². The molecule has 162 valence electrons. The molecular weight excluding hydrogens is 406 g/mol. The van der Waals surface area contributed by atoms with Crippen molar-refractivity contribution >= 4 is 33.2 Å². The highest BCUT2D eigenvalue weighted by Gasteiger charge is 2.22. The number of unbranched alkanes of at least 4 members (excludes halogenated alkanes) is 1. The molecule has 0 unspecified atom stereocenters. The standard InChI is InChI=1S/C21H27N3O5S/c1-4-5-14-22-21(26)18-8-6-7-9-19(18)23-20(25)15-24(30(3,27)28)16-10-12-17(29-2)13-11-16/h6-13H,4-5,14-15H2,1-3H3,(H,22,26)(H,23,25). The van der Waals surface area contributed by atoms with Crippen molar-refractivity contribution in [3.63, 3.8) is 0 Å².